The summed E-state index contributed by atoms with van der Waals surface area (Å²) in [7, 11) is 0. The molecule has 1 aromatic carbocycles. The molecule has 5 heteroatoms. The van der Waals surface area contributed by atoms with Crippen LogP contribution >= 0.6 is 43.2 Å². The number of fused-ring (bicyclic) bond motifs is 1. The van der Waals surface area contributed by atoms with Gasteiger partial charge in [0.05, 0.1) is 10.2 Å². The van der Waals surface area contributed by atoms with Crippen molar-refractivity contribution in [2.24, 2.45) is 0 Å². The zero-order valence-electron chi connectivity index (χ0n) is 6.30. The number of benzene rings is 1. The number of rotatable bonds is 1. The smallest absolute Gasteiger partial charge is 0.125 e. The second-order valence-electron chi connectivity index (χ2n) is 2.46. The molecule has 0 fully saturated rings. The van der Waals surface area contributed by atoms with Crippen molar-refractivity contribution in [3.8, 4) is 0 Å². The SMILES string of the molecule is Fc1ccc2sc(C(Br)Br)nc2c1. The van der Waals surface area contributed by atoms with Crippen molar-refractivity contribution >= 4 is 53.4 Å². The van der Waals surface area contributed by atoms with Crippen LogP contribution in [-0.4, -0.2) is 4.98 Å². The van der Waals surface area contributed by atoms with Gasteiger partial charge in [-0.05, 0) is 12.1 Å². The maximum absolute atomic E-state index is 12.8. The molecule has 1 heterocycles. The van der Waals surface area contributed by atoms with Crippen molar-refractivity contribution in [3.63, 3.8) is 0 Å². The summed E-state index contributed by atoms with van der Waals surface area (Å²) >= 11 is 8.24. The van der Waals surface area contributed by atoms with Crippen LogP contribution in [0.3, 0.4) is 0 Å². The van der Waals surface area contributed by atoms with E-state index in [1.54, 1.807) is 17.4 Å². The Hall–Kier alpha value is -0.000000000000000167. The molecule has 1 nitrogen and oxygen atoms in total. The van der Waals surface area contributed by atoms with Gasteiger partial charge in [0.15, 0.2) is 0 Å². The van der Waals surface area contributed by atoms with E-state index < -0.39 is 0 Å². The van der Waals surface area contributed by atoms with Crippen LogP contribution in [0.1, 0.15) is 8.74 Å². The van der Waals surface area contributed by atoms with Crippen LogP contribution in [0.25, 0.3) is 10.2 Å². The second-order valence-corrected chi connectivity index (χ2v) is 6.59. The summed E-state index contributed by atoms with van der Waals surface area (Å²) in [5.74, 6) is -0.245. The lowest BCUT2D eigenvalue weighted by molar-refractivity contribution is 0.629. The predicted molar refractivity (Wildman–Crippen MR) is 60.2 cm³/mol. The third-order valence-electron chi connectivity index (χ3n) is 1.55. The van der Waals surface area contributed by atoms with Gasteiger partial charge in [0, 0.05) is 6.07 Å². The van der Waals surface area contributed by atoms with E-state index in [4.69, 9.17) is 0 Å². The highest BCUT2D eigenvalue weighted by molar-refractivity contribution is 9.24. The Balaban J connectivity index is 2.62. The van der Waals surface area contributed by atoms with Crippen molar-refractivity contribution in [2.75, 3.05) is 0 Å². The molecule has 0 spiro atoms. The molecule has 0 bridgehead atoms. The van der Waals surface area contributed by atoms with Crippen LogP contribution in [0.15, 0.2) is 18.2 Å². The molecule has 0 aliphatic carbocycles. The number of hydrogen-bond acceptors (Lipinski definition) is 2. The van der Waals surface area contributed by atoms with Gasteiger partial charge in [0.1, 0.15) is 14.6 Å². The minimum atomic E-state index is -0.245. The third kappa shape index (κ3) is 1.92. The van der Waals surface area contributed by atoms with Gasteiger partial charge in [-0.3, -0.25) is 0 Å². The van der Waals surface area contributed by atoms with Gasteiger partial charge in [0.25, 0.3) is 0 Å². The van der Waals surface area contributed by atoms with E-state index in [9.17, 15) is 4.39 Å². The first-order chi connectivity index (χ1) is 6.16. The summed E-state index contributed by atoms with van der Waals surface area (Å²) < 4.78 is 13.8. The number of thiazole rings is 1. The second kappa shape index (κ2) is 3.63. The Bertz CT molecular complexity index is 441. The summed E-state index contributed by atoms with van der Waals surface area (Å²) in [6, 6.07) is 4.63. The Morgan fingerprint density at radius 2 is 2.15 bits per heavy atom. The summed E-state index contributed by atoms with van der Waals surface area (Å²) in [5, 5.41) is 0.903. The zero-order chi connectivity index (χ0) is 9.42. The Morgan fingerprint density at radius 1 is 1.38 bits per heavy atom. The van der Waals surface area contributed by atoms with Crippen molar-refractivity contribution in [3.05, 3.63) is 29.0 Å². The molecule has 0 unspecified atom stereocenters. The van der Waals surface area contributed by atoms with Crippen molar-refractivity contribution < 1.29 is 4.39 Å². The molecular formula is C8H4Br2FNS. The highest BCUT2D eigenvalue weighted by Gasteiger charge is 2.09. The number of nitrogens with zero attached hydrogens (tertiary/aromatic N) is 1. The fourth-order valence-electron chi connectivity index (χ4n) is 1.01. The molecule has 2 aromatic rings. The quantitative estimate of drug-likeness (QED) is 0.715. The Labute approximate surface area is 95.2 Å². The highest BCUT2D eigenvalue weighted by atomic mass is 79.9. The van der Waals surface area contributed by atoms with E-state index in [-0.39, 0.29) is 9.55 Å². The summed E-state index contributed by atoms with van der Waals surface area (Å²) in [6.45, 7) is 0. The molecule has 0 N–H and O–H groups in total. The molecule has 0 aliphatic heterocycles. The first kappa shape index (κ1) is 9.55. The van der Waals surface area contributed by atoms with Crippen molar-refractivity contribution in [2.45, 2.75) is 3.74 Å². The van der Waals surface area contributed by atoms with E-state index >= 15 is 0 Å². The van der Waals surface area contributed by atoms with Gasteiger partial charge >= 0.3 is 0 Å². The number of aromatic nitrogens is 1. The van der Waals surface area contributed by atoms with Crippen molar-refractivity contribution in [1.82, 2.24) is 4.98 Å². The molecule has 0 radical (unpaired) electrons. The maximum Gasteiger partial charge on any atom is 0.125 e. The monoisotopic (exact) mass is 323 g/mol. The summed E-state index contributed by atoms with van der Waals surface area (Å²) in [5.41, 5.74) is 0.712. The van der Waals surface area contributed by atoms with Crippen LogP contribution in [-0.2, 0) is 0 Å². The number of alkyl halides is 2. The third-order valence-corrected chi connectivity index (χ3v) is 4.13. The normalized spacial score (nSPS) is 11.4. The van der Waals surface area contributed by atoms with Gasteiger partial charge in [-0.25, -0.2) is 9.37 Å². The average Bonchev–Trinajstić information content (AvgIpc) is 2.46. The molecule has 1 aromatic heterocycles. The predicted octanol–water partition coefficient (Wildman–Crippen LogP) is 4.22. The number of halogens is 3. The van der Waals surface area contributed by atoms with Crippen LogP contribution in [0.2, 0.25) is 0 Å². The van der Waals surface area contributed by atoms with Gasteiger partial charge < -0.3 is 0 Å². The lowest BCUT2D eigenvalue weighted by Crippen LogP contribution is -1.76. The van der Waals surface area contributed by atoms with Gasteiger partial charge in [0.2, 0.25) is 0 Å². The summed E-state index contributed by atoms with van der Waals surface area (Å²) in [6.07, 6.45) is 0. The number of hydrogen-bond donors (Lipinski definition) is 0. The van der Waals surface area contributed by atoms with Gasteiger partial charge in [-0.15, -0.1) is 11.3 Å². The summed E-state index contributed by atoms with van der Waals surface area (Å²) in [4.78, 5) is 4.26. The molecule has 0 atom stereocenters. The first-order valence-electron chi connectivity index (χ1n) is 3.51. The topological polar surface area (TPSA) is 12.9 Å². The van der Waals surface area contributed by atoms with Crippen LogP contribution in [0.5, 0.6) is 0 Å². The minimum Gasteiger partial charge on any atom is -0.239 e. The molecule has 0 saturated heterocycles. The average molecular weight is 325 g/mol. The molecule has 68 valence electrons. The molecular weight excluding hydrogens is 321 g/mol. The van der Waals surface area contributed by atoms with Gasteiger partial charge in [-0.1, -0.05) is 31.9 Å². The van der Waals surface area contributed by atoms with E-state index in [0.29, 0.717) is 5.52 Å². The van der Waals surface area contributed by atoms with E-state index in [0.717, 1.165) is 9.71 Å². The van der Waals surface area contributed by atoms with Crippen molar-refractivity contribution in [1.29, 1.82) is 0 Å². The first-order valence-corrected chi connectivity index (χ1v) is 6.16. The van der Waals surface area contributed by atoms with Crippen LogP contribution in [0, 0.1) is 5.82 Å². The maximum atomic E-state index is 12.8. The Kier molecular flexibility index (Phi) is 2.67. The van der Waals surface area contributed by atoms with Crippen LogP contribution < -0.4 is 0 Å². The van der Waals surface area contributed by atoms with Gasteiger partial charge in [-0.2, -0.15) is 0 Å². The zero-order valence-corrected chi connectivity index (χ0v) is 10.3. The molecule has 0 amide bonds. The van der Waals surface area contributed by atoms with E-state index in [2.05, 4.69) is 36.8 Å². The standard InChI is InChI=1S/C8H4Br2FNS/c9-7(10)8-12-5-3-4(11)1-2-6(5)13-8/h1-3,7H. The molecule has 13 heavy (non-hydrogen) atoms. The molecule has 0 aliphatic rings. The van der Waals surface area contributed by atoms with E-state index in [1.807, 2.05) is 0 Å². The fourth-order valence-corrected chi connectivity index (χ4v) is 2.58. The largest absolute Gasteiger partial charge is 0.239 e. The lowest BCUT2D eigenvalue weighted by atomic mass is 10.3. The van der Waals surface area contributed by atoms with Crippen LogP contribution in [0.4, 0.5) is 4.39 Å². The fraction of sp³-hybridized carbons (Fsp3) is 0.125. The van der Waals surface area contributed by atoms with E-state index in [1.165, 1.54) is 12.1 Å². The lowest BCUT2D eigenvalue weighted by Gasteiger charge is -1.90. The molecule has 0 saturated carbocycles. The Morgan fingerprint density at radius 3 is 2.85 bits per heavy atom. The molecule has 2 rings (SSSR count). The highest BCUT2D eigenvalue weighted by Crippen LogP contribution is 2.35. The minimum absolute atomic E-state index is 0.0421.